The van der Waals surface area contributed by atoms with E-state index in [1.807, 2.05) is 24.4 Å². The molecule has 0 spiro atoms. The van der Waals surface area contributed by atoms with E-state index in [-0.39, 0.29) is 17.7 Å². The molecule has 0 bridgehead atoms. The molecule has 6 rings (SSSR count). The van der Waals surface area contributed by atoms with Crippen LogP contribution in [-0.2, 0) is 4.79 Å². The highest BCUT2D eigenvalue weighted by Crippen LogP contribution is 2.42. The van der Waals surface area contributed by atoms with Gasteiger partial charge in [-0.2, -0.15) is 5.10 Å². The fourth-order valence-electron chi connectivity index (χ4n) is 4.97. The fourth-order valence-corrected chi connectivity index (χ4v) is 5.20. The van der Waals surface area contributed by atoms with Crippen LogP contribution in [0.2, 0.25) is 5.02 Å². The lowest BCUT2D eigenvalue weighted by Gasteiger charge is -2.24. The summed E-state index contributed by atoms with van der Waals surface area (Å²) in [5, 5.41) is 13.8. The predicted molar refractivity (Wildman–Crippen MR) is 133 cm³/mol. The Balaban J connectivity index is 1.49. The van der Waals surface area contributed by atoms with Crippen molar-refractivity contribution in [1.29, 1.82) is 0 Å². The molecule has 0 unspecified atom stereocenters. The van der Waals surface area contributed by atoms with Crippen LogP contribution in [0.3, 0.4) is 0 Å². The smallest absolute Gasteiger partial charge is 0.252 e. The highest BCUT2D eigenvalue weighted by atomic mass is 35.5. The molecule has 3 N–H and O–H groups in total. The fraction of sp³-hybridized carbons (Fsp3) is 0.231. The van der Waals surface area contributed by atoms with Crippen LogP contribution in [0.15, 0.2) is 55.0 Å². The first-order chi connectivity index (χ1) is 17.5. The van der Waals surface area contributed by atoms with Crippen molar-refractivity contribution in [2.45, 2.75) is 18.9 Å². The number of carbonyl (C=O) groups excluding carboxylic acids is 2. The van der Waals surface area contributed by atoms with Crippen LogP contribution in [-0.4, -0.2) is 39.5 Å². The molecule has 1 saturated heterocycles. The standard InChI is InChI=1S/C26H22ClFN6O2/c27-20-5-4-17(28)10-18(20)24-23-19(26(36)33-24)8-16(15-3-6-22-30-13-31-34(22)12-15)9-21(23)32-25(35)14-2-1-7-29-11-14/h3-6,8-10,12-14,24,29H,1-2,7,11H2,(H,32,35)(H,33,36)/t14-,24-/m0/s1. The minimum absolute atomic E-state index is 0.128. The molecule has 8 nitrogen and oxygen atoms in total. The summed E-state index contributed by atoms with van der Waals surface area (Å²) in [6.45, 7) is 1.48. The lowest BCUT2D eigenvalue weighted by molar-refractivity contribution is -0.120. The Kier molecular flexibility index (Phi) is 5.66. The number of hydrogen-bond acceptors (Lipinski definition) is 5. The molecule has 4 aromatic rings. The second-order valence-electron chi connectivity index (χ2n) is 9.07. The van der Waals surface area contributed by atoms with Gasteiger partial charge in [-0.3, -0.25) is 9.59 Å². The topological polar surface area (TPSA) is 100 Å². The van der Waals surface area contributed by atoms with Crippen molar-refractivity contribution in [3.63, 3.8) is 0 Å². The summed E-state index contributed by atoms with van der Waals surface area (Å²) in [5.41, 5.74) is 4.09. The van der Waals surface area contributed by atoms with Gasteiger partial charge in [0.2, 0.25) is 5.91 Å². The summed E-state index contributed by atoms with van der Waals surface area (Å²) in [7, 11) is 0. The molecule has 10 heteroatoms. The molecule has 2 aromatic heterocycles. The zero-order chi connectivity index (χ0) is 24.8. The van der Waals surface area contributed by atoms with E-state index in [2.05, 4.69) is 26.0 Å². The number of nitrogens with zero attached hydrogens (tertiary/aromatic N) is 3. The number of piperidine rings is 1. The largest absolute Gasteiger partial charge is 0.341 e. The summed E-state index contributed by atoms with van der Waals surface area (Å²) < 4.78 is 15.8. The SMILES string of the molecule is O=C1N[C@@H](c2cc(F)ccc2Cl)c2c(NC(=O)[C@H]3CCCNC3)cc(-c3ccc4ncnn4c3)cc21. The van der Waals surface area contributed by atoms with Crippen molar-refractivity contribution in [1.82, 2.24) is 25.2 Å². The highest BCUT2D eigenvalue weighted by molar-refractivity contribution is 6.31. The minimum Gasteiger partial charge on any atom is -0.341 e. The van der Waals surface area contributed by atoms with Gasteiger partial charge in [0, 0.05) is 45.7 Å². The molecule has 2 atom stereocenters. The Labute approximate surface area is 210 Å². The lowest BCUT2D eigenvalue weighted by Crippen LogP contribution is -2.37. The maximum absolute atomic E-state index is 14.2. The molecule has 0 aliphatic carbocycles. The molecule has 2 aromatic carbocycles. The van der Waals surface area contributed by atoms with E-state index < -0.39 is 11.9 Å². The van der Waals surface area contributed by atoms with Crippen molar-refractivity contribution in [2.75, 3.05) is 18.4 Å². The Morgan fingerprint density at radius 3 is 2.89 bits per heavy atom. The van der Waals surface area contributed by atoms with Crippen LogP contribution in [0.5, 0.6) is 0 Å². The van der Waals surface area contributed by atoms with Gasteiger partial charge < -0.3 is 16.0 Å². The van der Waals surface area contributed by atoms with Gasteiger partial charge in [0.05, 0.1) is 12.0 Å². The number of benzene rings is 2. The molecule has 0 saturated carbocycles. The zero-order valence-corrected chi connectivity index (χ0v) is 19.8. The van der Waals surface area contributed by atoms with E-state index in [9.17, 15) is 14.0 Å². The number of amides is 2. The second kappa shape index (κ2) is 9.00. The van der Waals surface area contributed by atoms with Gasteiger partial charge >= 0.3 is 0 Å². The van der Waals surface area contributed by atoms with Crippen LogP contribution in [0.4, 0.5) is 10.1 Å². The van der Waals surface area contributed by atoms with E-state index in [1.165, 1.54) is 24.5 Å². The lowest BCUT2D eigenvalue weighted by atomic mass is 9.92. The average molecular weight is 505 g/mol. The molecule has 0 radical (unpaired) electrons. The first-order valence-corrected chi connectivity index (χ1v) is 12.1. The highest BCUT2D eigenvalue weighted by Gasteiger charge is 2.35. The summed E-state index contributed by atoms with van der Waals surface area (Å²) >= 11 is 6.41. The Bertz CT molecular complexity index is 1510. The van der Waals surface area contributed by atoms with Crippen LogP contribution in [0.1, 0.15) is 40.4 Å². The summed E-state index contributed by atoms with van der Waals surface area (Å²) in [5.74, 6) is -1.11. The summed E-state index contributed by atoms with van der Waals surface area (Å²) in [6.07, 6.45) is 4.97. The third-order valence-electron chi connectivity index (χ3n) is 6.79. The van der Waals surface area contributed by atoms with Crippen molar-refractivity contribution in [2.24, 2.45) is 5.92 Å². The molecule has 2 aliphatic rings. The molecule has 2 aliphatic heterocycles. The number of aromatic nitrogens is 3. The number of pyridine rings is 1. The normalized spacial score (nSPS) is 19.2. The summed E-state index contributed by atoms with van der Waals surface area (Å²) in [6, 6.07) is 10.7. The molecular formula is C26H22ClFN6O2. The van der Waals surface area contributed by atoms with Gasteiger partial charge in [0.25, 0.3) is 5.91 Å². The molecular weight excluding hydrogens is 483 g/mol. The molecule has 36 heavy (non-hydrogen) atoms. The number of rotatable bonds is 4. The second-order valence-corrected chi connectivity index (χ2v) is 9.48. The van der Waals surface area contributed by atoms with E-state index in [1.54, 1.807) is 10.6 Å². The number of hydrogen-bond donors (Lipinski definition) is 3. The Morgan fingerprint density at radius 1 is 1.17 bits per heavy atom. The zero-order valence-electron chi connectivity index (χ0n) is 19.1. The van der Waals surface area contributed by atoms with Crippen LogP contribution < -0.4 is 16.0 Å². The van der Waals surface area contributed by atoms with Gasteiger partial charge in [0.15, 0.2) is 5.65 Å². The number of anilines is 1. The van der Waals surface area contributed by atoms with E-state index >= 15 is 0 Å². The van der Waals surface area contributed by atoms with Crippen LogP contribution in [0, 0.1) is 11.7 Å². The van der Waals surface area contributed by atoms with Crippen molar-refractivity contribution in [3.8, 4) is 11.1 Å². The molecule has 182 valence electrons. The maximum atomic E-state index is 14.2. The quantitative estimate of drug-likeness (QED) is 0.390. The minimum atomic E-state index is -0.706. The number of carbonyl (C=O) groups is 2. The molecule has 1 fully saturated rings. The van der Waals surface area contributed by atoms with E-state index in [0.717, 1.165) is 30.5 Å². The van der Waals surface area contributed by atoms with Crippen molar-refractivity contribution >= 4 is 34.7 Å². The third kappa shape index (κ3) is 4.00. The maximum Gasteiger partial charge on any atom is 0.252 e. The average Bonchev–Trinajstić information content (AvgIpc) is 3.50. The van der Waals surface area contributed by atoms with Crippen molar-refractivity contribution in [3.05, 3.63) is 82.5 Å². The molecule has 4 heterocycles. The monoisotopic (exact) mass is 504 g/mol. The van der Waals surface area contributed by atoms with Gasteiger partial charge in [0.1, 0.15) is 12.1 Å². The van der Waals surface area contributed by atoms with Crippen molar-refractivity contribution < 1.29 is 14.0 Å². The molecule has 2 amide bonds. The summed E-state index contributed by atoms with van der Waals surface area (Å²) in [4.78, 5) is 30.6. The number of nitrogens with one attached hydrogen (secondary N) is 3. The first-order valence-electron chi connectivity index (χ1n) is 11.7. The van der Waals surface area contributed by atoms with E-state index in [4.69, 9.17) is 11.6 Å². The Morgan fingerprint density at radius 2 is 2.06 bits per heavy atom. The van der Waals surface area contributed by atoms with Gasteiger partial charge in [-0.25, -0.2) is 13.9 Å². The van der Waals surface area contributed by atoms with Gasteiger partial charge in [-0.15, -0.1) is 0 Å². The predicted octanol–water partition coefficient (Wildman–Crippen LogP) is 3.96. The number of fused-ring (bicyclic) bond motifs is 2. The first kappa shape index (κ1) is 22.6. The van der Waals surface area contributed by atoms with E-state index in [0.29, 0.717) is 39.6 Å². The van der Waals surface area contributed by atoms with Gasteiger partial charge in [-0.05, 0) is 67.4 Å². The van der Waals surface area contributed by atoms with Crippen LogP contribution >= 0.6 is 11.6 Å². The number of halogens is 2. The van der Waals surface area contributed by atoms with Gasteiger partial charge in [-0.1, -0.05) is 11.6 Å². The van der Waals surface area contributed by atoms with Crippen LogP contribution in [0.25, 0.3) is 16.8 Å². The third-order valence-corrected chi connectivity index (χ3v) is 7.13. The Hall–Kier alpha value is -3.82.